The minimum atomic E-state index is -0.544. The van der Waals surface area contributed by atoms with E-state index in [9.17, 15) is 24.5 Å². The van der Waals surface area contributed by atoms with E-state index in [4.69, 9.17) is 0 Å². The van der Waals surface area contributed by atoms with Gasteiger partial charge in [0, 0.05) is 24.4 Å². The van der Waals surface area contributed by atoms with Crippen molar-refractivity contribution in [1.29, 1.82) is 0 Å². The average Bonchev–Trinajstić information content (AvgIpc) is 2.99. The maximum absolute atomic E-state index is 13.0. The van der Waals surface area contributed by atoms with Crippen molar-refractivity contribution in [3.63, 3.8) is 0 Å². The third kappa shape index (κ3) is 4.05. The largest absolute Gasteiger partial charge is 0.350 e. The van der Waals surface area contributed by atoms with E-state index >= 15 is 0 Å². The summed E-state index contributed by atoms with van der Waals surface area (Å²) in [6.07, 6.45) is 2.24. The number of nitrogens with zero attached hydrogens (tertiary/aromatic N) is 2. The molecule has 1 heterocycles. The summed E-state index contributed by atoms with van der Waals surface area (Å²) in [6, 6.07) is 11.0. The van der Waals surface area contributed by atoms with Crippen LogP contribution in [0.4, 0.5) is 28.4 Å². The number of nitrogens with one attached hydrogen (secondary N) is 2. The van der Waals surface area contributed by atoms with Gasteiger partial charge in [-0.3, -0.25) is 24.5 Å². The molecule has 2 aromatic carbocycles. The van der Waals surface area contributed by atoms with Crippen molar-refractivity contribution in [2.75, 3.05) is 15.5 Å². The summed E-state index contributed by atoms with van der Waals surface area (Å²) in [5.41, 5.74) is 1.41. The predicted molar refractivity (Wildman–Crippen MR) is 120 cm³/mol. The summed E-state index contributed by atoms with van der Waals surface area (Å²) in [6.45, 7) is 3.48. The highest BCUT2D eigenvalue weighted by Crippen LogP contribution is 2.43. The first-order valence-corrected chi connectivity index (χ1v) is 10.6. The van der Waals surface area contributed by atoms with Crippen LogP contribution in [0.15, 0.2) is 42.5 Å². The van der Waals surface area contributed by atoms with Gasteiger partial charge in [-0.25, -0.2) is 4.90 Å². The van der Waals surface area contributed by atoms with Crippen LogP contribution in [-0.2, 0) is 14.4 Å². The molecule has 1 saturated heterocycles. The van der Waals surface area contributed by atoms with Crippen LogP contribution in [0.5, 0.6) is 0 Å². The van der Waals surface area contributed by atoms with Crippen molar-refractivity contribution < 1.29 is 19.3 Å². The Morgan fingerprint density at radius 1 is 1.03 bits per heavy atom. The molecule has 3 amide bonds. The number of carbonyl (C=O) groups excluding carboxylic acids is 3. The van der Waals surface area contributed by atoms with Crippen LogP contribution in [0.25, 0.3) is 0 Å². The second-order valence-electron chi connectivity index (χ2n) is 8.49. The summed E-state index contributed by atoms with van der Waals surface area (Å²) < 4.78 is 0. The first-order valence-electron chi connectivity index (χ1n) is 10.6. The Morgan fingerprint density at radius 2 is 1.69 bits per heavy atom. The molecule has 1 aliphatic heterocycles. The van der Waals surface area contributed by atoms with Gasteiger partial charge in [0.15, 0.2) is 0 Å². The molecule has 166 valence electrons. The molecule has 1 saturated carbocycles. The topological polar surface area (TPSA) is 122 Å². The first kappa shape index (κ1) is 21.5. The number of carbonyl (C=O) groups is 3. The van der Waals surface area contributed by atoms with E-state index in [1.165, 1.54) is 19.1 Å². The van der Waals surface area contributed by atoms with Gasteiger partial charge in [0.25, 0.3) is 5.69 Å². The van der Waals surface area contributed by atoms with Gasteiger partial charge in [0.2, 0.25) is 17.7 Å². The van der Waals surface area contributed by atoms with Crippen molar-refractivity contribution in [2.24, 2.45) is 17.8 Å². The molecule has 9 nitrogen and oxygen atoms in total. The van der Waals surface area contributed by atoms with E-state index in [1.54, 1.807) is 30.3 Å². The number of hydrogen-bond acceptors (Lipinski definition) is 6. The van der Waals surface area contributed by atoms with Gasteiger partial charge < -0.3 is 10.6 Å². The number of benzene rings is 2. The maximum Gasteiger partial charge on any atom is 0.294 e. The summed E-state index contributed by atoms with van der Waals surface area (Å²) >= 11 is 0. The molecule has 4 rings (SSSR count). The second kappa shape index (κ2) is 8.41. The molecule has 32 heavy (non-hydrogen) atoms. The average molecular weight is 436 g/mol. The van der Waals surface area contributed by atoms with E-state index in [0.29, 0.717) is 30.1 Å². The number of rotatable bonds is 5. The summed E-state index contributed by atoms with van der Waals surface area (Å²) in [4.78, 5) is 49.3. The third-order valence-corrected chi connectivity index (χ3v) is 6.11. The van der Waals surface area contributed by atoms with Gasteiger partial charge in [-0.05, 0) is 61.6 Å². The minimum Gasteiger partial charge on any atom is -0.350 e. The number of nitro groups is 1. The van der Waals surface area contributed by atoms with E-state index in [2.05, 4.69) is 17.6 Å². The van der Waals surface area contributed by atoms with Crippen molar-refractivity contribution in [1.82, 2.24) is 0 Å². The lowest BCUT2D eigenvalue weighted by Crippen LogP contribution is -2.30. The highest BCUT2D eigenvalue weighted by molar-refractivity contribution is 6.22. The monoisotopic (exact) mass is 436 g/mol. The van der Waals surface area contributed by atoms with E-state index in [0.717, 1.165) is 11.3 Å². The van der Waals surface area contributed by atoms with Crippen molar-refractivity contribution in [3.05, 3.63) is 52.6 Å². The van der Waals surface area contributed by atoms with Gasteiger partial charge in [-0.1, -0.05) is 6.92 Å². The second-order valence-corrected chi connectivity index (χ2v) is 8.49. The fourth-order valence-corrected chi connectivity index (χ4v) is 4.56. The molecule has 2 fully saturated rings. The molecule has 0 spiro atoms. The van der Waals surface area contributed by atoms with Gasteiger partial charge in [-0.2, -0.15) is 0 Å². The summed E-state index contributed by atoms with van der Waals surface area (Å²) in [5, 5.41) is 17.4. The lowest BCUT2D eigenvalue weighted by atomic mass is 9.76. The van der Waals surface area contributed by atoms with Gasteiger partial charge in [0.05, 0.1) is 22.4 Å². The number of nitro benzene ring substituents is 1. The lowest BCUT2D eigenvalue weighted by molar-refractivity contribution is -0.383. The fourth-order valence-electron chi connectivity index (χ4n) is 4.56. The van der Waals surface area contributed by atoms with Crippen LogP contribution < -0.4 is 15.5 Å². The minimum absolute atomic E-state index is 0.197. The molecule has 1 aliphatic carbocycles. The van der Waals surface area contributed by atoms with Crippen molar-refractivity contribution >= 4 is 46.2 Å². The molecular weight excluding hydrogens is 412 g/mol. The van der Waals surface area contributed by atoms with Gasteiger partial charge in [-0.15, -0.1) is 0 Å². The van der Waals surface area contributed by atoms with Crippen molar-refractivity contribution in [3.8, 4) is 0 Å². The Balaban J connectivity index is 1.60. The number of fused-ring (bicyclic) bond motifs is 1. The van der Waals surface area contributed by atoms with Crippen LogP contribution >= 0.6 is 0 Å². The Hall–Kier alpha value is -3.75. The van der Waals surface area contributed by atoms with E-state index in [-0.39, 0.29) is 46.6 Å². The zero-order valence-corrected chi connectivity index (χ0v) is 17.8. The SMILES string of the molecule is CC(=O)Nc1ccc(Nc2ccc(N3C(=O)[C@H]4C[C@H](C)CC[C@H]4C3=O)cc2[N+](=O)[O-])cc1. The van der Waals surface area contributed by atoms with Gasteiger partial charge >= 0.3 is 0 Å². The maximum atomic E-state index is 13.0. The number of anilines is 4. The summed E-state index contributed by atoms with van der Waals surface area (Å²) in [7, 11) is 0. The Labute approximate surface area is 184 Å². The number of hydrogen-bond donors (Lipinski definition) is 2. The fraction of sp³-hybridized carbons (Fsp3) is 0.348. The molecule has 9 heteroatoms. The van der Waals surface area contributed by atoms with E-state index < -0.39 is 4.92 Å². The Morgan fingerprint density at radius 3 is 2.34 bits per heavy atom. The first-order chi connectivity index (χ1) is 15.2. The molecule has 2 N–H and O–H groups in total. The van der Waals surface area contributed by atoms with Gasteiger partial charge in [0.1, 0.15) is 5.69 Å². The highest BCUT2D eigenvalue weighted by atomic mass is 16.6. The number of amides is 3. The quantitative estimate of drug-likeness (QED) is 0.411. The van der Waals surface area contributed by atoms with Crippen LogP contribution in [-0.4, -0.2) is 22.6 Å². The smallest absolute Gasteiger partial charge is 0.294 e. The predicted octanol–water partition coefficient (Wildman–Crippen LogP) is 4.22. The zero-order chi connectivity index (χ0) is 23.0. The van der Waals surface area contributed by atoms with Crippen LogP contribution in [0.2, 0.25) is 0 Å². The molecule has 0 aromatic heterocycles. The molecule has 0 unspecified atom stereocenters. The molecule has 0 radical (unpaired) electrons. The zero-order valence-electron chi connectivity index (χ0n) is 17.8. The summed E-state index contributed by atoms with van der Waals surface area (Å²) in [5.74, 6) is -1.03. The number of imide groups is 1. The molecule has 2 aliphatic rings. The highest BCUT2D eigenvalue weighted by Gasteiger charge is 2.50. The molecule has 0 bridgehead atoms. The van der Waals surface area contributed by atoms with Crippen LogP contribution in [0, 0.1) is 27.9 Å². The third-order valence-electron chi connectivity index (χ3n) is 6.11. The normalized spacial score (nSPS) is 22.4. The van der Waals surface area contributed by atoms with Crippen molar-refractivity contribution in [2.45, 2.75) is 33.1 Å². The standard InChI is InChI=1S/C23H24N4O5/c1-13-3-9-18-19(11-13)23(30)26(22(18)29)17-8-10-20(21(12-17)27(31)32)25-16-6-4-15(5-7-16)24-14(2)28/h4-8,10,12-13,18-19,25H,3,9,11H2,1-2H3,(H,24,28)/t13-,18-,19+/m1/s1. The lowest BCUT2D eigenvalue weighted by Gasteiger charge is -2.25. The van der Waals surface area contributed by atoms with Crippen LogP contribution in [0.1, 0.15) is 33.1 Å². The Kier molecular flexibility index (Phi) is 5.65. The van der Waals surface area contributed by atoms with E-state index in [1.807, 2.05) is 0 Å². The molecule has 2 aromatic rings. The molecular formula is C23H24N4O5. The van der Waals surface area contributed by atoms with Crippen LogP contribution in [0.3, 0.4) is 0 Å². The molecule has 3 atom stereocenters. The Bertz CT molecular complexity index is 1100.